The highest BCUT2D eigenvalue weighted by molar-refractivity contribution is 6.08. The Morgan fingerprint density at radius 2 is 2.12 bits per heavy atom. The molecule has 0 bridgehead atoms. The minimum atomic E-state index is -0.365. The van der Waals surface area contributed by atoms with Crippen molar-refractivity contribution in [2.75, 3.05) is 19.8 Å². The van der Waals surface area contributed by atoms with Crippen LogP contribution in [-0.2, 0) is 9.53 Å². The van der Waals surface area contributed by atoms with Crippen molar-refractivity contribution >= 4 is 11.7 Å². The van der Waals surface area contributed by atoms with Gasteiger partial charge in [0.1, 0.15) is 11.4 Å². The van der Waals surface area contributed by atoms with Gasteiger partial charge in [-0.1, -0.05) is 12.8 Å². The maximum Gasteiger partial charge on any atom is 0.255 e. The Labute approximate surface area is 102 Å². The second-order valence-corrected chi connectivity index (χ2v) is 5.42. The molecule has 0 aromatic carbocycles. The molecule has 0 aromatic rings. The number of likely N-dealkylation sites (N-methyl/N-ethyl adjacent to an activating group) is 1. The summed E-state index contributed by atoms with van der Waals surface area (Å²) >= 11 is 0. The molecule has 0 unspecified atom stereocenters. The topological polar surface area (TPSA) is 41.9 Å². The summed E-state index contributed by atoms with van der Waals surface area (Å²) in [5.41, 5.74) is -0.365. The number of amidine groups is 1. The Hall–Kier alpha value is -0.900. The van der Waals surface area contributed by atoms with Gasteiger partial charge < -0.3 is 4.74 Å². The van der Waals surface area contributed by atoms with Crippen LogP contribution in [0.5, 0.6) is 0 Å². The molecule has 0 radical (unpaired) electrons. The van der Waals surface area contributed by atoms with Gasteiger partial charge in [0.15, 0.2) is 0 Å². The summed E-state index contributed by atoms with van der Waals surface area (Å²) in [7, 11) is 0. The zero-order valence-electron chi connectivity index (χ0n) is 10.4. The highest BCUT2D eigenvalue weighted by Crippen LogP contribution is 2.39. The van der Waals surface area contributed by atoms with Gasteiger partial charge in [-0.3, -0.25) is 14.7 Å². The van der Waals surface area contributed by atoms with E-state index in [1.807, 2.05) is 11.8 Å². The van der Waals surface area contributed by atoms with E-state index in [1.54, 1.807) is 0 Å². The van der Waals surface area contributed by atoms with Crippen molar-refractivity contribution < 1.29 is 9.53 Å². The van der Waals surface area contributed by atoms with Crippen LogP contribution in [-0.4, -0.2) is 41.9 Å². The lowest BCUT2D eigenvalue weighted by Gasteiger charge is -2.28. The summed E-state index contributed by atoms with van der Waals surface area (Å²) in [5, 5.41) is 0. The molecule has 2 heterocycles. The first-order valence-corrected chi connectivity index (χ1v) is 6.73. The highest BCUT2D eigenvalue weighted by Gasteiger charge is 2.49. The van der Waals surface area contributed by atoms with Crippen molar-refractivity contribution in [2.45, 2.75) is 44.6 Å². The average Bonchev–Trinajstić information content (AvgIpc) is 2.82. The SMILES string of the molecule is CCN1C(=O)C2(CCCC2)N=C1CC1COC1. The number of rotatable bonds is 3. The number of carbonyl (C=O) groups is 1. The van der Waals surface area contributed by atoms with E-state index in [2.05, 4.69) is 0 Å². The minimum absolute atomic E-state index is 0.257. The largest absolute Gasteiger partial charge is 0.381 e. The molecular weight excluding hydrogens is 216 g/mol. The highest BCUT2D eigenvalue weighted by atomic mass is 16.5. The van der Waals surface area contributed by atoms with Gasteiger partial charge >= 0.3 is 0 Å². The third kappa shape index (κ3) is 1.69. The number of carbonyl (C=O) groups excluding carboxylic acids is 1. The van der Waals surface area contributed by atoms with E-state index in [9.17, 15) is 4.79 Å². The lowest BCUT2D eigenvalue weighted by atomic mass is 9.98. The molecule has 1 spiro atoms. The van der Waals surface area contributed by atoms with E-state index in [0.29, 0.717) is 5.92 Å². The molecule has 2 aliphatic heterocycles. The maximum absolute atomic E-state index is 12.4. The van der Waals surface area contributed by atoms with Gasteiger partial charge in [-0.2, -0.15) is 0 Å². The molecule has 0 atom stereocenters. The predicted molar refractivity (Wildman–Crippen MR) is 64.9 cm³/mol. The molecule has 2 fully saturated rings. The van der Waals surface area contributed by atoms with E-state index < -0.39 is 0 Å². The average molecular weight is 236 g/mol. The van der Waals surface area contributed by atoms with E-state index in [1.165, 1.54) is 0 Å². The second kappa shape index (κ2) is 4.09. The molecule has 0 N–H and O–H groups in total. The van der Waals surface area contributed by atoms with Crippen LogP contribution in [0, 0.1) is 5.92 Å². The van der Waals surface area contributed by atoms with Gasteiger partial charge in [0.25, 0.3) is 5.91 Å². The summed E-state index contributed by atoms with van der Waals surface area (Å²) in [5.74, 6) is 1.85. The van der Waals surface area contributed by atoms with Crippen LogP contribution < -0.4 is 0 Å². The number of ether oxygens (including phenoxy) is 1. The molecule has 3 aliphatic rings. The molecule has 94 valence electrons. The Kier molecular flexibility index (Phi) is 2.69. The van der Waals surface area contributed by atoms with Crippen molar-refractivity contribution in [3.8, 4) is 0 Å². The van der Waals surface area contributed by atoms with E-state index >= 15 is 0 Å². The molecule has 1 aliphatic carbocycles. The number of nitrogens with zero attached hydrogens (tertiary/aromatic N) is 2. The number of hydrogen-bond acceptors (Lipinski definition) is 3. The minimum Gasteiger partial charge on any atom is -0.381 e. The molecule has 4 nitrogen and oxygen atoms in total. The molecule has 1 saturated carbocycles. The van der Waals surface area contributed by atoms with Crippen LogP contribution in [0.3, 0.4) is 0 Å². The molecule has 1 amide bonds. The summed E-state index contributed by atoms with van der Waals surface area (Å²) in [6.07, 6.45) is 5.11. The van der Waals surface area contributed by atoms with Gasteiger partial charge in [0, 0.05) is 18.9 Å². The second-order valence-electron chi connectivity index (χ2n) is 5.42. The molecule has 3 rings (SSSR count). The summed E-state index contributed by atoms with van der Waals surface area (Å²) in [6, 6.07) is 0. The van der Waals surface area contributed by atoms with Crippen molar-refractivity contribution in [3.05, 3.63) is 0 Å². The van der Waals surface area contributed by atoms with Gasteiger partial charge in [-0.15, -0.1) is 0 Å². The van der Waals surface area contributed by atoms with Crippen molar-refractivity contribution in [1.29, 1.82) is 0 Å². The van der Waals surface area contributed by atoms with Gasteiger partial charge in [0.2, 0.25) is 0 Å². The first-order chi connectivity index (χ1) is 8.25. The molecule has 17 heavy (non-hydrogen) atoms. The fourth-order valence-corrected chi connectivity index (χ4v) is 3.15. The van der Waals surface area contributed by atoms with Crippen LogP contribution >= 0.6 is 0 Å². The standard InChI is InChI=1S/C13H20N2O2/c1-2-15-11(7-10-8-17-9-10)14-13(12(15)16)5-3-4-6-13/h10H,2-9H2,1H3. The first-order valence-electron chi connectivity index (χ1n) is 6.73. The normalized spacial score (nSPS) is 27.7. The predicted octanol–water partition coefficient (Wildman–Crippen LogP) is 1.60. The number of amides is 1. The monoisotopic (exact) mass is 236 g/mol. The van der Waals surface area contributed by atoms with Crippen LogP contribution in [0.15, 0.2) is 4.99 Å². The van der Waals surface area contributed by atoms with E-state index in [-0.39, 0.29) is 11.4 Å². The van der Waals surface area contributed by atoms with E-state index in [4.69, 9.17) is 9.73 Å². The third-order valence-electron chi connectivity index (χ3n) is 4.22. The lowest BCUT2D eigenvalue weighted by Crippen LogP contribution is -2.42. The first kappa shape index (κ1) is 11.2. The number of hydrogen-bond donors (Lipinski definition) is 0. The molecule has 4 heteroatoms. The van der Waals surface area contributed by atoms with Crippen LogP contribution in [0.2, 0.25) is 0 Å². The quantitative estimate of drug-likeness (QED) is 0.747. The third-order valence-corrected chi connectivity index (χ3v) is 4.22. The van der Waals surface area contributed by atoms with Crippen LogP contribution in [0.1, 0.15) is 39.0 Å². The Balaban J connectivity index is 1.81. The zero-order valence-corrected chi connectivity index (χ0v) is 10.4. The fraction of sp³-hybridized carbons (Fsp3) is 0.846. The Morgan fingerprint density at radius 3 is 2.65 bits per heavy atom. The summed E-state index contributed by atoms with van der Waals surface area (Å²) in [4.78, 5) is 19.2. The smallest absolute Gasteiger partial charge is 0.255 e. The van der Waals surface area contributed by atoms with Gasteiger partial charge in [-0.25, -0.2) is 0 Å². The Morgan fingerprint density at radius 1 is 1.41 bits per heavy atom. The van der Waals surface area contributed by atoms with E-state index in [0.717, 1.165) is 57.7 Å². The molecule has 1 saturated heterocycles. The van der Waals surface area contributed by atoms with Gasteiger partial charge in [0.05, 0.1) is 13.2 Å². The fourth-order valence-electron chi connectivity index (χ4n) is 3.15. The lowest BCUT2D eigenvalue weighted by molar-refractivity contribution is -0.130. The van der Waals surface area contributed by atoms with Crippen LogP contribution in [0.25, 0.3) is 0 Å². The Bertz CT molecular complexity index is 354. The molecule has 0 aromatic heterocycles. The summed E-state index contributed by atoms with van der Waals surface area (Å²) < 4.78 is 5.20. The van der Waals surface area contributed by atoms with Crippen molar-refractivity contribution in [3.63, 3.8) is 0 Å². The van der Waals surface area contributed by atoms with Crippen molar-refractivity contribution in [1.82, 2.24) is 4.90 Å². The number of aliphatic imine (C=N–C) groups is 1. The van der Waals surface area contributed by atoms with Crippen LogP contribution in [0.4, 0.5) is 0 Å². The molecular formula is C13H20N2O2. The van der Waals surface area contributed by atoms with Crippen molar-refractivity contribution in [2.24, 2.45) is 10.9 Å². The maximum atomic E-state index is 12.4. The zero-order chi connectivity index (χ0) is 11.9. The summed E-state index contributed by atoms with van der Waals surface area (Å²) in [6.45, 7) is 4.46. The van der Waals surface area contributed by atoms with Gasteiger partial charge in [-0.05, 0) is 19.8 Å².